The van der Waals surface area contributed by atoms with E-state index in [0.29, 0.717) is 0 Å². The van der Waals surface area contributed by atoms with Gasteiger partial charge in [0.25, 0.3) is 0 Å². The van der Waals surface area contributed by atoms with Crippen LogP contribution in [0.15, 0.2) is 156 Å². The number of anilines is 3. The number of benzene rings is 7. The minimum absolute atomic E-state index is 0.882. The molecule has 0 aliphatic carbocycles. The Kier molecular flexibility index (Phi) is 5.40. The van der Waals surface area contributed by atoms with Crippen LogP contribution >= 0.6 is 11.3 Å². The number of para-hydroxylation sites is 3. The van der Waals surface area contributed by atoms with E-state index in [-0.39, 0.29) is 0 Å². The molecule has 0 N–H and O–H groups in total. The lowest BCUT2D eigenvalue weighted by Gasteiger charge is -2.28. The van der Waals surface area contributed by atoms with E-state index in [1.807, 2.05) is 17.4 Å². The van der Waals surface area contributed by atoms with Gasteiger partial charge in [-0.25, -0.2) is 0 Å². The molecule has 43 heavy (non-hydrogen) atoms. The van der Waals surface area contributed by atoms with Crippen LogP contribution in [0.1, 0.15) is 0 Å². The molecule has 0 spiro atoms. The fourth-order valence-electron chi connectivity index (χ4n) is 6.52. The van der Waals surface area contributed by atoms with Crippen LogP contribution in [0, 0.1) is 0 Å². The topological polar surface area (TPSA) is 16.4 Å². The molecule has 0 saturated carbocycles. The van der Waals surface area contributed by atoms with E-state index in [1.165, 1.54) is 36.5 Å². The predicted octanol–water partition coefficient (Wildman–Crippen LogP) is 12.2. The van der Waals surface area contributed by atoms with Crippen molar-refractivity contribution in [1.82, 2.24) is 0 Å². The maximum absolute atomic E-state index is 6.61. The zero-order chi connectivity index (χ0) is 28.3. The highest BCUT2D eigenvalue weighted by atomic mass is 32.1. The molecule has 2 heterocycles. The Hall–Kier alpha value is -5.38. The molecule has 0 bridgehead atoms. The van der Waals surface area contributed by atoms with Crippen LogP contribution < -0.4 is 4.90 Å². The summed E-state index contributed by atoms with van der Waals surface area (Å²) in [6.07, 6.45) is 0. The van der Waals surface area contributed by atoms with Crippen LogP contribution in [-0.2, 0) is 0 Å². The zero-order valence-electron chi connectivity index (χ0n) is 23.2. The molecule has 0 saturated heterocycles. The van der Waals surface area contributed by atoms with E-state index in [1.54, 1.807) is 0 Å². The Bertz CT molecular complexity index is 2470. The molecule has 0 fully saturated rings. The summed E-state index contributed by atoms with van der Waals surface area (Å²) in [5, 5.41) is 7.38. The van der Waals surface area contributed by atoms with Crippen LogP contribution in [0.4, 0.5) is 17.1 Å². The summed E-state index contributed by atoms with van der Waals surface area (Å²) in [6, 6.07) is 54.2. The van der Waals surface area contributed by atoms with Gasteiger partial charge >= 0.3 is 0 Å². The summed E-state index contributed by atoms with van der Waals surface area (Å²) in [7, 11) is 0. The largest absolute Gasteiger partial charge is 0.454 e. The zero-order valence-corrected chi connectivity index (χ0v) is 24.0. The van der Waals surface area contributed by atoms with Crippen LogP contribution in [0.3, 0.4) is 0 Å². The second kappa shape index (κ2) is 9.59. The highest BCUT2D eigenvalue weighted by Crippen LogP contribution is 2.47. The maximum Gasteiger partial charge on any atom is 0.159 e. The van der Waals surface area contributed by atoms with Crippen LogP contribution in [0.25, 0.3) is 64.0 Å². The number of rotatable bonds is 4. The smallest absolute Gasteiger partial charge is 0.159 e. The van der Waals surface area contributed by atoms with Crippen LogP contribution in [-0.4, -0.2) is 0 Å². The summed E-state index contributed by atoms with van der Waals surface area (Å²) in [5.74, 6) is 0. The first-order chi connectivity index (χ1) is 21.3. The lowest BCUT2D eigenvalue weighted by molar-refractivity contribution is 0.669. The SMILES string of the molecule is c1ccc(-c2ccccc2N(c2ccc3sc4ccc5ccccc5c4c3c2)c2cccc3c2oc2ccccc23)cc1. The molecular weight excluding hydrogens is 543 g/mol. The van der Waals surface area contributed by atoms with E-state index in [4.69, 9.17) is 4.42 Å². The normalized spacial score (nSPS) is 11.7. The van der Waals surface area contributed by atoms with E-state index in [9.17, 15) is 0 Å². The molecule has 0 aliphatic rings. The Morgan fingerprint density at radius 1 is 0.488 bits per heavy atom. The minimum Gasteiger partial charge on any atom is -0.454 e. The molecule has 0 amide bonds. The number of furan rings is 1. The van der Waals surface area contributed by atoms with Crippen LogP contribution in [0.2, 0.25) is 0 Å². The Morgan fingerprint density at radius 2 is 1.21 bits per heavy atom. The third-order valence-electron chi connectivity index (χ3n) is 8.46. The first-order valence-corrected chi connectivity index (χ1v) is 15.3. The second-order valence-electron chi connectivity index (χ2n) is 10.9. The van der Waals surface area contributed by atoms with Gasteiger partial charge < -0.3 is 9.32 Å². The number of fused-ring (bicyclic) bond motifs is 8. The molecule has 0 unspecified atom stereocenters. The Labute approximate surface area is 252 Å². The van der Waals surface area contributed by atoms with E-state index < -0.39 is 0 Å². The van der Waals surface area contributed by atoms with Gasteiger partial charge in [0.2, 0.25) is 0 Å². The molecule has 0 radical (unpaired) electrons. The van der Waals surface area contributed by atoms with Crippen LogP contribution in [0.5, 0.6) is 0 Å². The summed E-state index contributed by atoms with van der Waals surface area (Å²) < 4.78 is 9.21. The molecule has 0 aliphatic heterocycles. The third-order valence-corrected chi connectivity index (χ3v) is 9.59. The summed E-state index contributed by atoms with van der Waals surface area (Å²) >= 11 is 1.86. The average molecular weight is 568 g/mol. The van der Waals surface area contributed by atoms with E-state index in [2.05, 4.69) is 150 Å². The van der Waals surface area contributed by atoms with Gasteiger partial charge in [-0.1, -0.05) is 109 Å². The van der Waals surface area contributed by atoms with Crippen molar-refractivity contribution < 1.29 is 4.42 Å². The average Bonchev–Trinajstić information content (AvgIpc) is 3.64. The molecular formula is C40H25NOS. The third kappa shape index (κ3) is 3.79. The highest BCUT2D eigenvalue weighted by Gasteiger charge is 2.22. The predicted molar refractivity (Wildman–Crippen MR) is 184 cm³/mol. The van der Waals surface area contributed by atoms with Crippen molar-refractivity contribution in [3.8, 4) is 11.1 Å². The van der Waals surface area contributed by atoms with Gasteiger partial charge in [-0.05, 0) is 58.8 Å². The summed E-state index contributed by atoms with van der Waals surface area (Å²) in [4.78, 5) is 2.38. The fourth-order valence-corrected chi connectivity index (χ4v) is 7.62. The van der Waals surface area contributed by atoms with Gasteiger partial charge in [0, 0.05) is 42.2 Å². The van der Waals surface area contributed by atoms with Crippen molar-refractivity contribution in [2.24, 2.45) is 0 Å². The molecule has 9 rings (SSSR count). The fraction of sp³-hybridized carbons (Fsp3) is 0. The first-order valence-electron chi connectivity index (χ1n) is 14.5. The van der Waals surface area contributed by atoms with Gasteiger partial charge in [-0.2, -0.15) is 0 Å². The number of thiophene rings is 1. The molecule has 0 atom stereocenters. The Balaban J connectivity index is 1.37. The lowest BCUT2D eigenvalue weighted by Crippen LogP contribution is -2.11. The summed E-state index contributed by atoms with van der Waals surface area (Å²) in [5.41, 5.74) is 7.33. The van der Waals surface area contributed by atoms with Crippen molar-refractivity contribution >= 4 is 81.3 Å². The standard InChI is InChI=1S/C40H25NOS/c1-2-11-26(12-3-1)29-14-6-8-18-34(29)41(35-19-10-17-32-31-16-7-9-20-36(31)42-40(32)35)28-22-24-37-33(25-28)39-30-15-5-4-13-27(30)21-23-38(39)43-37/h1-25H. The highest BCUT2D eigenvalue weighted by molar-refractivity contribution is 7.26. The van der Waals surface area contributed by atoms with Crippen molar-refractivity contribution in [2.75, 3.05) is 4.90 Å². The van der Waals surface area contributed by atoms with Crippen molar-refractivity contribution in [3.05, 3.63) is 152 Å². The van der Waals surface area contributed by atoms with Gasteiger partial charge in [-0.15, -0.1) is 11.3 Å². The minimum atomic E-state index is 0.882. The van der Waals surface area contributed by atoms with Gasteiger partial charge in [-0.3, -0.25) is 0 Å². The van der Waals surface area contributed by atoms with Crippen molar-refractivity contribution in [2.45, 2.75) is 0 Å². The molecule has 7 aromatic carbocycles. The van der Waals surface area contributed by atoms with Crippen molar-refractivity contribution in [1.29, 1.82) is 0 Å². The second-order valence-corrected chi connectivity index (χ2v) is 12.0. The van der Waals surface area contributed by atoms with E-state index in [0.717, 1.165) is 44.6 Å². The molecule has 2 aromatic heterocycles. The number of nitrogens with zero attached hydrogens (tertiary/aromatic N) is 1. The lowest BCUT2D eigenvalue weighted by atomic mass is 10.0. The van der Waals surface area contributed by atoms with Gasteiger partial charge in [0.15, 0.2) is 5.58 Å². The summed E-state index contributed by atoms with van der Waals surface area (Å²) in [6.45, 7) is 0. The first kappa shape index (κ1) is 24.2. The van der Waals surface area contributed by atoms with E-state index >= 15 is 0 Å². The maximum atomic E-state index is 6.61. The number of hydrogen-bond acceptors (Lipinski definition) is 3. The van der Waals surface area contributed by atoms with Crippen molar-refractivity contribution in [3.63, 3.8) is 0 Å². The molecule has 202 valence electrons. The number of hydrogen-bond donors (Lipinski definition) is 0. The Morgan fingerprint density at radius 3 is 2.14 bits per heavy atom. The van der Waals surface area contributed by atoms with Gasteiger partial charge in [0.1, 0.15) is 5.58 Å². The van der Waals surface area contributed by atoms with Gasteiger partial charge in [0.05, 0.1) is 11.4 Å². The quantitative estimate of drug-likeness (QED) is 0.210. The molecule has 3 heteroatoms. The molecule has 9 aromatic rings. The monoisotopic (exact) mass is 567 g/mol. The molecule has 2 nitrogen and oxygen atoms in total.